The van der Waals surface area contributed by atoms with Crippen LogP contribution in [0.2, 0.25) is 5.02 Å². The van der Waals surface area contributed by atoms with Gasteiger partial charge in [0.15, 0.2) is 5.06 Å². The van der Waals surface area contributed by atoms with Gasteiger partial charge < -0.3 is 19.9 Å². The number of benzene rings is 1. The SMILES string of the molecule is C#Cc1ccc(OC(=O)NC2CC(=O)N(c3ccc(N4CCCCCC4=O)c(Cl)c3)C2)s1. The summed E-state index contributed by atoms with van der Waals surface area (Å²) in [6, 6.07) is 8.19. The third-order valence-electron chi connectivity index (χ3n) is 5.47. The zero-order chi connectivity index (χ0) is 22.7. The Kier molecular flexibility index (Phi) is 6.68. The average molecular weight is 472 g/mol. The Bertz CT molecular complexity index is 1090. The quantitative estimate of drug-likeness (QED) is 0.678. The Morgan fingerprint density at radius 1 is 1.16 bits per heavy atom. The van der Waals surface area contributed by atoms with Crippen LogP contribution >= 0.6 is 22.9 Å². The molecule has 0 bridgehead atoms. The topological polar surface area (TPSA) is 79.0 Å². The summed E-state index contributed by atoms with van der Waals surface area (Å²) in [5.74, 6) is 2.42. The fraction of sp³-hybridized carbons (Fsp3) is 0.348. The van der Waals surface area contributed by atoms with Gasteiger partial charge >= 0.3 is 6.09 Å². The molecule has 2 saturated heterocycles. The number of nitrogens with one attached hydrogen (secondary N) is 1. The van der Waals surface area contributed by atoms with Crippen molar-refractivity contribution in [3.63, 3.8) is 0 Å². The summed E-state index contributed by atoms with van der Waals surface area (Å²) in [7, 11) is 0. The molecule has 2 aliphatic heterocycles. The van der Waals surface area contributed by atoms with Crippen molar-refractivity contribution in [3.8, 4) is 17.4 Å². The monoisotopic (exact) mass is 471 g/mol. The second kappa shape index (κ2) is 9.63. The number of amides is 3. The predicted molar refractivity (Wildman–Crippen MR) is 124 cm³/mol. The predicted octanol–water partition coefficient (Wildman–Crippen LogP) is 4.18. The summed E-state index contributed by atoms with van der Waals surface area (Å²) in [5.41, 5.74) is 1.29. The lowest BCUT2D eigenvalue weighted by Crippen LogP contribution is -2.38. The van der Waals surface area contributed by atoms with Crippen molar-refractivity contribution in [1.82, 2.24) is 5.32 Å². The van der Waals surface area contributed by atoms with Crippen LogP contribution in [0, 0.1) is 12.3 Å². The van der Waals surface area contributed by atoms with E-state index in [0.29, 0.717) is 45.8 Å². The maximum atomic E-state index is 12.6. The van der Waals surface area contributed by atoms with Crippen LogP contribution in [-0.2, 0) is 9.59 Å². The Morgan fingerprint density at radius 3 is 2.75 bits per heavy atom. The van der Waals surface area contributed by atoms with Gasteiger partial charge in [-0.2, -0.15) is 0 Å². The van der Waals surface area contributed by atoms with Crippen LogP contribution in [0.25, 0.3) is 0 Å². The molecule has 32 heavy (non-hydrogen) atoms. The van der Waals surface area contributed by atoms with E-state index in [1.807, 2.05) is 0 Å². The molecule has 2 fully saturated rings. The van der Waals surface area contributed by atoms with Gasteiger partial charge in [0.05, 0.1) is 21.6 Å². The molecule has 2 aromatic rings. The van der Waals surface area contributed by atoms with Gasteiger partial charge in [0, 0.05) is 31.6 Å². The highest BCUT2D eigenvalue weighted by atomic mass is 35.5. The van der Waals surface area contributed by atoms with Gasteiger partial charge in [-0.05, 0) is 43.2 Å². The first-order chi connectivity index (χ1) is 15.4. The zero-order valence-corrected chi connectivity index (χ0v) is 18.9. The molecule has 3 amide bonds. The van der Waals surface area contributed by atoms with E-state index in [1.165, 1.54) is 11.3 Å². The minimum absolute atomic E-state index is 0.0669. The Labute approximate surface area is 195 Å². The Morgan fingerprint density at radius 2 is 2.00 bits per heavy atom. The van der Waals surface area contributed by atoms with E-state index in [0.717, 1.165) is 19.3 Å². The molecule has 0 radical (unpaired) electrons. The number of carbonyl (C=O) groups is 3. The summed E-state index contributed by atoms with van der Waals surface area (Å²) in [6.07, 6.45) is 8.20. The summed E-state index contributed by atoms with van der Waals surface area (Å²) in [5, 5.41) is 3.53. The van der Waals surface area contributed by atoms with Gasteiger partial charge in [-0.25, -0.2) is 4.79 Å². The molecule has 3 heterocycles. The number of ether oxygens (including phenoxy) is 1. The lowest BCUT2D eigenvalue weighted by molar-refractivity contribution is -0.118. The Hall–Kier alpha value is -3.02. The molecule has 0 aliphatic carbocycles. The molecular formula is C23H22ClN3O4S. The molecule has 2 aliphatic rings. The molecule has 7 nitrogen and oxygen atoms in total. The van der Waals surface area contributed by atoms with Gasteiger partial charge in [-0.1, -0.05) is 35.3 Å². The second-order valence-corrected chi connectivity index (χ2v) is 9.15. The third kappa shape index (κ3) is 4.90. The number of halogens is 1. The number of carbonyl (C=O) groups excluding carboxylic acids is 3. The van der Waals surface area contributed by atoms with E-state index in [4.69, 9.17) is 22.8 Å². The fourth-order valence-electron chi connectivity index (χ4n) is 3.91. The molecule has 1 aromatic heterocycles. The van der Waals surface area contributed by atoms with Crippen LogP contribution in [-0.4, -0.2) is 37.0 Å². The van der Waals surface area contributed by atoms with Crippen molar-refractivity contribution >= 4 is 52.2 Å². The third-order valence-corrected chi connectivity index (χ3v) is 6.67. The fourth-order valence-corrected chi connectivity index (χ4v) is 4.86. The van der Waals surface area contributed by atoms with E-state index in [1.54, 1.807) is 40.1 Å². The van der Waals surface area contributed by atoms with Crippen molar-refractivity contribution < 1.29 is 19.1 Å². The molecule has 1 aromatic carbocycles. The summed E-state index contributed by atoms with van der Waals surface area (Å²) >= 11 is 7.69. The maximum Gasteiger partial charge on any atom is 0.413 e. The second-order valence-electron chi connectivity index (χ2n) is 7.69. The van der Waals surface area contributed by atoms with Crippen molar-refractivity contribution in [2.75, 3.05) is 22.9 Å². The van der Waals surface area contributed by atoms with Crippen molar-refractivity contribution in [1.29, 1.82) is 0 Å². The number of thiophene rings is 1. The molecule has 166 valence electrons. The molecule has 9 heteroatoms. The van der Waals surface area contributed by atoms with Crippen LogP contribution in [0.3, 0.4) is 0 Å². The van der Waals surface area contributed by atoms with Crippen molar-refractivity contribution in [2.45, 2.75) is 38.1 Å². The normalized spacial score (nSPS) is 18.9. The van der Waals surface area contributed by atoms with Crippen LogP contribution in [0.1, 0.15) is 37.0 Å². The first-order valence-corrected chi connectivity index (χ1v) is 11.6. The van der Waals surface area contributed by atoms with Crippen molar-refractivity contribution in [3.05, 3.63) is 40.2 Å². The molecule has 0 saturated carbocycles. The summed E-state index contributed by atoms with van der Waals surface area (Å²) < 4.78 is 5.24. The molecule has 1 N–H and O–H groups in total. The summed E-state index contributed by atoms with van der Waals surface area (Å²) in [4.78, 5) is 41.1. The molecule has 1 unspecified atom stereocenters. The van der Waals surface area contributed by atoms with Crippen molar-refractivity contribution in [2.24, 2.45) is 0 Å². The van der Waals surface area contributed by atoms with Crippen LogP contribution in [0.4, 0.5) is 16.2 Å². The van der Waals surface area contributed by atoms with Crippen LogP contribution in [0.5, 0.6) is 5.06 Å². The molecular weight excluding hydrogens is 450 g/mol. The van der Waals surface area contributed by atoms with Gasteiger partial charge in [-0.3, -0.25) is 9.59 Å². The number of terminal acetylenes is 1. The van der Waals surface area contributed by atoms with Crippen LogP contribution < -0.4 is 19.9 Å². The minimum atomic E-state index is -0.636. The number of rotatable bonds is 4. The lowest BCUT2D eigenvalue weighted by Gasteiger charge is -2.24. The van der Waals surface area contributed by atoms with E-state index in [-0.39, 0.29) is 18.2 Å². The highest BCUT2D eigenvalue weighted by Crippen LogP contribution is 2.33. The maximum absolute atomic E-state index is 12.6. The number of hydrogen-bond donors (Lipinski definition) is 1. The standard InChI is InChI=1S/C23H22ClN3O4S/c1-2-17-8-10-22(32-17)31-23(30)25-15-12-21(29)27(14-15)16-7-9-19(18(24)13-16)26-11-5-3-4-6-20(26)28/h1,7-10,13,15H,3-6,11-12,14H2,(H,25,30). The number of anilines is 2. The first kappa shape index (κ1) is 22.2. The lowest BCUT2D eigenvalue weighted by atomic mass is 10.2. The largest absolute Gasteiger partial charge is 0.413 e. The van der Waals surface area contributed by atoms with E-state index in [9.17, 15) is 14.4 Å². The molecule has 1 atom stereocenters. The highest BCUT2D eigenvalue weighted by Gasteiger charge is 2.33. The van der Waals surface area contributed by atoms with Crippen LogP contribution in [0.15, 0.2) is 30.3 Å². The van der Waals surface area contributed by atoms with Gasteiger partial charge in [0.2, 0.25) is 11.8 Å². The molecule has 4 rings (SSSR count). The van der Waals surface area contributed by atoms with E-state index < -0.39 is 12.1 Å². The van der Waals surface area contributed by atoms with E-state index in [2.05, 4.69) is 11.2 Å². The number of nitrogens with zero attached hydrogens (tertiary/aromatic N) is 2. The first-order valence-electron chi connectivity index (χ1n) is 10.4. The molecule has 0 spiro atoms. The Balaban J connectivity index is 1.40. The van der Waals surface area contributed by atoms with Gasteiger partial charge in [0.1, 0.15) is 0 Å². The zero-order valence-electron chi connectivity index (χ0n) is 17.3. The minimum Gasteiger partial charge on any atom is -0.399 e. The van der Waals surface area contributed by atoms with Gasteiger partial charge in [-0.15, -0.1) is 6.42 Å². The van der Waals surface area contributed by atoms with E-state index >= 15 is 0 Å². The number of hydrogen-bond acceptors (Lipinski definition) is 5. The smallest absolute Gasteiger partial charge is 0.399 e. The summed E-state index contributed by atoms with van der Waals surface area (Å²) in [6.45, 7) is 0.939. The highest BCUT2D eigenvalue weighted by molar-refractivity contribution is 7.14. The average Bonchev–Trinajstić information content (AvgIpc) is 3.30. The van der Waals surface area contributed by atoms with Gasteiger partial charge in [0.25, 0.3) is 0 Å².